The molecule has 2 nitrogen and oxygen atoms in total. The molecule has 16 heavy (non-hydrogen) atoms. The van der Waals surface area contributed by atoms with Crippen LogP contribution < -0.4 is 0 Å². The normalized spacial score (nSPS) is 21.6. The zero-order valence-electron chi connectivity index (χ0n) is 9.00. The number of likely N-dealkylation sites (tertiary alicyclic amines) is 1. The van der Waals surface area contributed by atoms with Crippen molar-refractivity contribution in [2.24, 2.45) is 5.92 Å². The molecule has 1 N–H and O–H groups in total. The van der Waals surface area contributed by atoms with Crippen molar-refractivity contribution < 1.29 is 5.11 Å². The molecule has 1 fully saturated rings. The van der Waals surface area contributed by atoms with Gasteiger partial charge in [-0.2, -0.15) is 0 Å². The summed E-state index contributed by atoms with van der Waals surface area (Å²) in [6, 6.07) is 5.63. The zero-order chi connectivity index (χ0) is 11.5. The van der Waals surface area contributed by atoms with Crippen LogP contribution in [0.15, 0.2) is 18.2 Å². The van der Waals surface area contributed by atoms with Crippen molar-refractivity contribution in [3.8, 4) is 0 Å². The highest BCUT2D eigenvalue weighted by molar-refractivity contribution is 6.34. The van der Waals surface area contributed by atoms with E-state index < -0.39 is 0 Å². The summed E-state index contributed by atoms with van der Waals surface area (Å²) in [5, 5.41) is 10.4. The Balaban J connectivity index is 1.99. The lowest BCUT2D eigenvalue weighted by atomic mass is 10.1. The quantitative estimate of drug-likeness (QED) is 0.903. The lowest BCUT2D eigenvalue weighted by Gasteiger charge is -2.15. The van der Waals surface area contributed by atoms with Crippen LogP contribution in [0.3, 0.4) is 0 Å². The van der Waals surface area contributed by atoms with E-state index in [0.717, 1.165) is 31.6 Å². The minimum Gasteiger partial charge on any atom is -0.396 e. The van der Waals surface area contributed by atoms with E-state index in [1.807, 2.05) is 12.1 Å². The minimum absolute atomic E-state index is 0.285. The Labute approximate surface area is 106 Å². The van der Waals surface area contributed by atoms with Crippen LogP contribution in [-0.4, -0.2) is 29.7 Å². The Kier molecular flexibility index (Phi) is 4.09. The molecular formula is C12H15Cl2NO. The van der Waals surface area contributed by atoms with E-state index in [1.54, 1.807) is 6.07 Å². The van der Waals surface area contributed by atoms with Crippen LogP contribution in [0, 0.1) is 5.92 Å². The highest BCUT2D eigenvalue weighted by atomic mass is 35.5. The number of aliphatic hydroxyl groups is 1. The lowest BCUT2D eigenvalue weighted by molar-refractivity contribution is 0.220. The first kappa shape index (κ1) is 12.2. The van der Waals surface area contributed by atoms with Gasteiger partial charge in [-0.25, -0.2) is 0 Å². The second kappa shape index (κ2) is 5.37. The maximum absolute atomic E-state index is 9.07. The largest absolute Gasteiger partial charge is 0.396 e. The molecule has 0 aliphatic carbocycles. The van der Waals surface area contributed by atoms with Gasteiger partial charge in [0.15, 0.2) is 0 Å². The van der Waals surface area contributed by atoms with Gasteiger partial charge in [0.2, 0.25) is 0 Å². The summed E-state index contributed by atoms with van der Waals surface area (Å²) in [5.74, 6) is 0.426. The van der Waals surface area contributed by atoms with Crippen molar-refractivity contribution in [1.82, 2.24) is 4.90 Å². The van der Waals surface area contributed by atoms with Gasteiger partial charge in [-0.3, -0.25) is 4.90 Å². The number of hydrogen-bond acceptors (Lipinski definition) is 2. The fraction of sp³-hybridized carbons (Fsp3) is 0.500. The molecule has 2 rings (SSSR count). The third-order valence-electron chi connectivity index (χ3n) is 2.96. The highest BCUT2D eigenvalue weighted by Crippen LogP contribution is 2.23. The van der Waals surface area contributed by atoms with Crippen molar-refractivity contribution in [2.75, 3.05) is 19.7 Å². The fourth-order valence-electron chi connectivity index (χ4n) is 2.17. The van der Waals surface area contributed by atoms with E-state index in [2.05, 4.69) is 4.90 Å². The monoisotopic (exact) mass is 259 g/mol. The number of benzene rings is 1. The maximum atomic E-state index is 9.07. The zero-order valence-corrected chi connectivity index (χ0v) is 10.5. The summed E-state index contributed by atoms with van der Waals surface area (Å²) in [7, 11) is 0. The molecule has 0 aromatic heterocycles. The second-order valence-corrected chi connectivity index (χ2v) is 5.22. The van der Waals surface area contributed by atoms with Gasteiger partial charge in [0.25, 0.3) is 0 Å². The fourth-order valence-corrected chi connectivity index (χ4v) is 2.74. The van der Waals surface area contributed by atoms with Crippen LogP contribution >= 0.6 is 23.2 Å². The van der Waals surface area contributed by atoms with E-state index >= 15 is 0 Å². The summed E-state index contributed by atoms with van der Waals surface area (Å²) in [4.78, 5) is 2.32. The molecule has 1 aromatic carbocycles. The van der Waals surface area contributed by atoms with E-state index in [1.165, 1.54) is 0 Å². The van der Waals surface area contributed by atoms with Crippen molar-refractivity contribution in [3.05, 3.63) is 33.8 Å². The Hall–Kier alpha value is -0.280. The first-order valence-corrected chi connectivity index (χ1v) is 6.21. The molecule has 0 radical (unpaired) electrons. The average molecular weight is 260 g/mol. The number of aliphatic hydroxyl groups excluding tert-OH is 1. The summed E-state index contributed by atoms with van der Waals surface area (Å²) in [6.45, 7) is 3.14. The number of hydrogen-bond donors (Lipinski definition) is 1. The molecular weight excluding hydrogens is 245 g/mol. The molecule has 1 aromatic rings. The van der Waals surface area contributed by atoms with Gasteiger partial charge in [0, 0.05) is 29.7 Å². The van der Waals surface area contributed by atoms with Gasteiger partial charge in [0.05, 0.1) is 0 Å². The molecule has 1 aliphatic rings. The molecule has 1 atom stereocenters. The van der Waals surface area contributed by atoms with Crippen molar-refractivity contribution in [3.63, 3.8) is 0 Å². The Morgan fingerprint density at radius 3 is 2.50 bits per heavy atom. The summed E-state index contributed by atoms with van der Waals surface area (Å²) < 4.78 is 0. The highest BCUT2D eigenvalue weighted by Gasteiger charge is 2.21. The minimum atomic E-state index is 0.285. The number of nitrogens with zero attached hydrogens (tertiary/aromatic N) is 1. The Bertz CT molecular complexity index is 350. The van der Waals surface area contributed by atoms with Crippen LogP contribution in [0.2, 0.25) is 10.0 Å². The van der Waals surface area contributed by atoms with Crippen LogP contribution in [0.4, 0.5) is 0 Å². The van der Waals surface area contributed by atoms with Gasteiger partial charge in [-0.1, -0.05) is 23.2 Å². The van der Waals surface area contributed by atoms with Gasteiger partial charge >= 0.3 is 0 Å². The SMILES string of the molecule is OCC1CCN(Cc2cc(Cl)cc(Cl)c2)C1. The lowest BCUT2D eigenvalue weighted by Crippen LogP contribution is -2.20. The second-order valence-electron chi connectivity index (χ2n) is 4.35. The third kappa shape index (κ3) is 3.11. The number of rotatable bonds is 3. The van der Waals surface area contributed by atoms with Crippen molar-refractivity contribution in [1.29, 1.82) is 0 Å². The van der Waals surface area contributed by atoms with Crippen LogP contribution in [0.25, 0.3) is 0 Å². The summed E-state index contributed by atoms with van der Waals surface area (Å²) in [5.41, 5.74) is 1.14. The van der Waals surface area contributed by atoms with Crippen LogP contribution in [0.5, 0.6) is 0 Å². The molecule has 0 saturated carbocycles. The van der Waals surface area contributed by atoms with Gasteiger partial charge in [-0.15, -0.1) is 0 Å². The third-order valence-corrected chi connectivity index (χ3v) is 3.39. The molecule has 0 bridgehead atoms. The Morgan fingerprint density at radius 2 is 1.94 bits per heavy atom. The predicted octanol–water partition coefficient (Wildman–Crippen LogP) is 2.81. The smallest absolute Gasteiger partial charge is 0.0471 e. The van der Waals surface area contributed by atoms with Gasteiger partial charge in [0.1, 0.15) is 0 Å². The van der Waals surface area contributed by atoms with Gasteiger partial charge in [-0.05, 0) is 42.6 Å². The standard InChI is InChI=1S/C12H15Cl2NO/c13-11-3-10(4-12(14)5-11)7-15-2-1-9(6-15)8-16/h3-5,9,16H,1-2,6-8H2. The summed E-state index contributed by atoms with van der Waals surface area (Å²) in [6.07, 6.45) is 1.07. The predicted molar refractivity (Wildman–Crippen MR) is 66.9 cm³/mol. The average Bonchev–Trinajstić information content (AvgIpc) is 2.64. The Morgan fingerprint density at radius 1 is 1.25 bits per heavy atom. The van der Waals surface area contributed by atoms with Crippen LogP contribution in [-0.2, 0) is 6.54 Å². The first-order chi connectivity index (χ1) is 7.67. The molecule has 4 heteroatoms. The molecule has 1 aliphatic heterocycles. The van der Waals surface area contributed by atoms with Crippen molar-refractivity contribution >= 4 is 23.2 Å². The molecule has 88 valence electrons. The van der Waals surface area contributed by atoms with E-state index in [-0.39, 0.29) is 6.61 Å². The van der Waals surface area contributed by atoms with E-state index in [0.29, 0.717) is 16.0 Å². The van der Waals surface area contributed by atoms with Crippen LogP contribution in [0.1, 0.15) is 12.0 Å². The number of halogens is 2. The van der Waals surface area contributed by atoms with Crippen molar-refractivity contribution in [2.45, 2.75) is 13.0 Å². The van der Waals surface area contributed by atoms with E-state index in [4.69, 9.17) is 28.3 Å². The molecule has 1 unspecified atom stereocenters. The van der Waals surface area contributed by atoms with E-state index in [9.17, 15) is 0 Å². The molecule has 0 spiro atoms. The van der Waals surface area contributed by atoms with Gasteiger partial charge < -0.3 is 5.11 Å². The maximum Gasteiger partial charge on any atom is 0.0471 e. The molecule has 0 amide bonds. The molecule has 1 saturated heterocycles. The molecule has 1 heterocycles. The first-order valence-electron chi connectivity index (χ1n) is 5.45. The topological polar surface area (TPSA) is 23.5 Å². The summed E-state index contributed by atoms with van der Waals surface area (Å²) >= 11 is 11.9.